The number of hydrogen-bond acceptors (Lipinski definition) is 3. The van der Waals surface area contributed by atoms with E-state index in [1.165, 1.54) is 0 Å². The third-order valence-corrected chi connectivity index (χ3v) is 4.12. The Kier molecular flexibility index (Phi) is 5.41. The number of amides is 2. The fourth-order valence-corrected chi connectivity index (χ4v) is 2.75. The standard InChI is InChI=1S/C17H24N2O3/c1-3-15(22-14-6-4-5-12(2)11-14)17(21)19-9-7-13(8-10-19)16(18)20/h4-6,11,13,15H,3,7-10H2,1-2H3,(H2,18,20)/t15-/m1/s1. The van der Waals surface area contributed by atoms with Crippen LogP contribution in [0.2, 0.25) is 0 Å². The zero-order chi connectivity index (χ0) is 16.1. The molecule has 1 atom stereocenters. The highest BCUT2D eigenvalue weighted by Gasteiger charge is 2.30. The molecular formula is C17H24N2O3. The van der Waals surface area contributed by atoms with Crippen LogP contribution in [0, 0.1) is 12.8 Å². The van der Waals surface area contributed by atoms with Gasteiger partial charge in [-0.15, -0.1) is 0 Å². The van der Waals surface area contributed by atoms with E-state index < -0.39 is 6.10 Å². The average Bonchev–Trinajstić information content (AvgIpc) is 2.52. The van der Waals surface area contributed by atoms with E-state index in [4.69, 9.17) is 10.5 Å². The second kappa shape index (κ2) is 7.29. The topological polar surface area (TPSA) is 72.6 Å². The molecule has 1 fully saturated rings. The van der Waals surface area contributed by atoms with Crippen molar-refractivity contribution in [2.45, 2.75) is 39.2 Å². The van der Waals surface area contributed by atoms with Crippen LogP contribution < -0.4 is 10.5 Å². The van der Waals surface area contributed by atoms with Gasteiger partial charge in [0, 0.05) is 19.0 Å². The van der Waals surface area contributed by atoms with Crippen molar-refractivity contribution in [1.29, 1.82) is 0 Å². The van der Waals surface area contributed by atoms with Crippen molar-refractivity contribution >= 4 is 11.8 Å². The van der Waals surface area contributed by atoms with Crippen LogP contribution in [0.3, 0.4) is 0 Å². The van der Waals surface area contributed by atoms with Gasteiger partial charge in [0.05, 0.1) is 0 Å². The Morgan fingerprint density at radius 2 is 2.05 bits per heavy atom. The average molecular weight is 304 g/mol. The molecule has 0 bridgehead atoms. The van der Waals surface area contributed by atoms with Gasteiger partial charge in [-0.2, -0.15) is 0 Å². The Morgan fingerprint density at radius 1 is 1.36 bits per heavy atom. The highest BCUT2D eigenvalue weighted by atomic mass is 16.5. The quantitative estimate of drug-likeness (QED) is 0.902. The van der Waals surface area contributed by atoms with E-state index in [1.54, 1.807) is 4.90 Å². The Bertz CT molecular complexity index is 536. The molecule has 0 radical (unpaired) electrons. The number of nitrogens with two attached hydrogens (primary N) is 1. The SMILES string of the molecule is CC[C@@H](Oc1cccc(C)c1)C(=O)N1CCC(C(N)=O)CC1. The Hall–Kier alpha value is -2.04. The van der Waals surface area contributed by atoms with Gasteiger partial charge < -0.3 is 15.4 Å². The first kappa shape index (κ1) is 16.3. The van der Waals surface area contributed by atoms with Crippen LogP contribution >= 0.6 is 0 Å². The van der Waals surface area contributed by atoms with E-state index in [2.05, 4.69) is 0 Å². The summed E-state index contributed by atoms with van der Waals surface area (Å²) in [5.74, 6) is 0.330. The molecule has 2 amide bonds. The van der Waals surface area contributed by atoms with Crippen LogP contribution in [0.4, 0.5) is 0 Å². The third-order valence-electron chi connectivity index (χ3n) is 4.12. The van der Waals surface area contributed by atoms with Gasteiger partial charge in [0.1, 0.15) is 5.75 Å². The van der Waals surface area contributed by atoms with Crippen molar-refractivity contribution in [2.75, 3.05) is 13.1 Å². The molecule has 1 aromatic carbocycles. The summed E-state index contributed by atoms with van der Waals surface area (Å²) in [5.41, 5.74) is 6.42. The number of benzene rings is 1. The lowest BCUT2D eigenvalue weighted by atomic mass is 9.96. The normalized spacial score (nSPS) is 17.1. The molecule has 1 saturated heterocycles. The lowest BCUT2D eigenvalue weighted by Gasteiger charge is -2.33. The monoisotopic (exact) mass is 304 g/mol. The first-order valence-electron chi connectivity index (χ1n) is 7.82. The summed E-state index contributed by atoms with van der Waals surface area (Å²) in [6.45, 7) is 5.07. The molecule has 22 heavy (non-hydrogen) atoms. The molecule has 0 unspecified atom stereocenters. The van der Waals surface area contributed by atoms with Crippen molar-refractivity contribution in [3.05, 3.63) is 29.8 Å². The van der Waals surface area contributed by atoms with E-state index in [1.807, 2.05) is 38.1 Å². The van der Waals surface area contributed by atoms with Crippen LogP contribution in [-0.4, -0.2) is 35.9 Å². The smallest absolute Gasteiger partial charge is 0.263 e. The molecule has 1 aliphatic heterocycles. The first-order chi connectivity index (χ1) is 10.5. The predicted octanol–water partition coefficient (Wildman–Crippen LogP) is 1.88. The highest BCUT2D eigenvalue weighted by Crippen LogP contribution is 2.20. The number of aryl methyl sites for hydroxylation is 1. The predicted molar refractivity (Wildman–Crippen MR) is 84.4 cm³/mol. The molecule has 0 aliphatic carbocycles. The van der Waals surface area contributed by atoms with E-state index in [0.29, 0.717) is 38.1 Å². The maximum atomic E-state index is 12.6. The largest absolute Gasteiger partial charge is 0.481 e. The summed E-state index contributed by atoms with van der Waals surface area (Å²) in [6, 6.07) is 7.70. The van der Waals surface area contributed by atoms with Crippen LogP contribution in [0.5, 0.6) is 5.75 Å². The summed E-state index contributed by atoms with van der Waals surface area (Å²) < 4.78 is 5.85. The zero-order valence-electron chi connectivity index (χ0n) is 13.2. The molecule has 0 saturated carbocycles. The summed E-state index contributed by atoms with van der Waals surface area (Å²) in [7, 11) is 0. The minimum atomic E-state index is -0.480. The molecule has 1 aliphatic rings. The van der Waals surface area contributed by atoms with E-state index >= 15 is 0 Å². The molecule has 5 nitrogen and oxygen atoms in total. The highest BCUT2D eigenvalue weighted by molar-refractivity contribution is 5.82. The van der Waals surface area contributed by atoms with E-state index in [0.717, 1.165) is 5.56 Å². The minimum Gasteiger partial charge on any atom is -0.481 e. The number of carbonyl (C=O) groups is 2. The van der Waals surface area contributed by atoms with Gasteiger partial charge in [0.25, 0.3) is 5.91 Å². The maximum Gasteiger partial charge on any atom is 0.263 e. The second-order valence-corrected chi connectivity index (χ2v) is 5.83. The Morgan fingerprint density at radius 3 is 2.59 bits per heavy atom. The number of piperidine rings is 1. The van der Waals surface area contributed by atoms with Crippen molar-refractivity contribution in [3.8, 4) is 5.75 Å². The fraction of sp³-hybridized carbons (Fsp3) is 0.529. The minimum absolute atomic E-state index is 0.00748. The zero-order valence-corrected chi connectivity index (χ0v) is 13.2. The molecule has 5 heteroatoms. The van der Waals surface area contributed by atoms with Gasteiger partial charge in [0.2, 0.25) is 5.91 Å². The van der Waals surface area contributed by atoms with Crippen molar-refractivity contribution in [3.63, 3.8) is 0 Å². The van der Waals surface area contributed by atoms with Gasteiger partial charge in [-0.25, -0.2) is 0 Å². The summed E-state index contributed by atoms with van der Waals surface area (Å²) >= 11 is 0. The molecule has 0 aromatic heterocycles. The van der Waals surface area contributed by atoms with Gasteiger partial charge >= 0.3 is 0 Å². The van der Waals surface area contributed by atoms with Gasteiger partial charge in [-0.05, 0) is 43.9 Å². The van der Waals surface area contributed by atoms with Crippen LogP contribution in [-0.2, 0) is 9.59 Å². The molecule has 2 rings (SSSR count). The van der Waals surface area contributed by atoms with E-state index in [9.17, 15) is 9.59 Å². The number of primary amides is 1. The van der Waals surface area contributed by atoms with Gasteiger partial charge in [0.15, 0.2) is 6.10 Å². The Balaban J connectivity index is 1.96. The van der Waals surface area contributed by atoms with Crippen molar-refractivity contribution in [2.24, 2.45) is 11.7 Å². The summed E-state index contributed by atoms with van der Waals surface area (Å²) in [5, 5.41) is 0. The molecule has 1 heterocycles. The number of hydrogen-bond donors (Lipinski definition) is 1. The molecular weight excluding hydrogens is 280 g/mol. The number of likely N-dealkylation sites (tertiary alicyclic amines) is 1. The molecule has 1 aromatic rings. The molecule has 0 spiro atoms. The van der Waals surface area contributed by atoms with Crippen molar-refractivity contribution < 1.29 is 14.3 Å². The van der Waals surface area contributed by atoms with Crippen LogP contribution in [0.15, 0.2) is 24.3 Å². The number of ether oxygens (including phenoxy) is 1. The second-order valence-electron chi connectivity index (χ2n) is 5.83. The third kappa shape index (κ3) is 4.00. The van der Waals surface area contributed by atoms with Gasteiger partial charge in [-0.3, -0.25) is 9.59 Å². The van der Waals surface area contributed by atoms with Crippen LogP contribution in [0.1, 0.15) is 31.7 Å². The number of nitrogens with zero attached hydrogens (tertiary/aromatic N) is 1. The maximum absolute atomic E-state index is 12.6. The van der Waals surface area contributed by atoms with Gasteiger partial charge in [-0.1, -0.05) is 19.1 Å². The summed E-state index contributed by atoms with van der Waals surface area (Å²) in [4.78, 5) is 25.5. The lowest BCUT2D eigenvalue weighted by Crippen LogP contribution is -2.47. The number of carbonyl (C=O) groups excluding carboxylic acids is 2. The van der Waals surface area contributed by atoms with Crippen molar-refractivity contribution in [1.82, 2.24) is 4.90 Å². The lowest BCUT2D eigenvalue weighted by molar-refractivity contribution is -0.141. The number of rotatable bonds is 5. The summed E-state index contributed by atoms with van der Waals surface area (Å²) in [6.07, 6.45) is 1.42. The Labute approximate surface area is 131 Å². The van der Waals surface area contributed by atoms with Crippen LogP contribution in [0.25, 0.3) is 0 Å². The molecule has 2 N–H and O–H groups in total. The molecule has 120 valence electrons. The fourth-order valence-electron chi connectivity index (χ4n) is 2.75. The van der Waals surface area contributed by atoms with E-state index in [-0.39, 0.29) is 17.7 Å². The first-order valence-corrected chi connectivity index (χ1v) is 7.82.